The largest absolute Gasteiger partial charge is 0.379 e. The van der Waals surface area contributed by atoms with Gasteiger partial charge >= 0.3 is 0 Å². The number of thioether (sulfide) groups is 1. The number of carbonyl (C=O) groups excluding carboxylic acids is 1. The molecule has 0 radical (unpaired) electrons. The first-order valence-corrected chi connectivity index (χ1v) is 8.57. The Morgan fingerprint density at radius 3 is 2.89 bits per heavy atom. The van der Waals surface area contributed by atoms with Gasteiger partial charge in [-0.25, -0.2) is 0 Å². The van der Waals surface area contributed by atoms with E-state index in [2.05, 4.69) is 25.4 Å². The molecule has 0 aromatic heterocycles. The highest BCUT2D eigenvalue weighted by Gasteiger charge is 2.36. The molecule has 5 heteroatoms. The number of nitrogens with one attached hydrogen (secondary N) is 1. The van der Waals surface area contributed by atoms with Gasteiger partial charge in [0, 0.05) is 19.1 Å². The Hall–Kier alpha value is -0.260. The zero-order valence-corrected chi connectivity index (χ0v) is 13.5. The van der Waals surface area contributed by atoms with Crippen molar-refractivity contribution in [2.24, 2.45) is 5.92 Å². The first-order valence-electron chi connectivity index (χ1n) is 7.18. The van der Waals surface area contributed by atoms with Crippen LogP contribution in [0, 0.1) is 5.92 Å². The molecule has 0 aliphatic carbocycles. The lowest BCUT2D eigenvalue weighted by atomic mass is 10.0. The molecule has 3 atom stereocenters. The summed E-state index contributed by atoms with van der Waals surface area (Å²) in [5, 5.41) is 3.42. The van der Waals surface area contributed by atoms with Gasteiger partial charge in [-0.05, 0) is 38.3 Å². The third-order valence-electron chi connectivity index (χ3n) is 3.80. The average molecular weight is 288 g/mol. The summed E-state index contributed by atoms with van der Waals surface area (Å²) >= 11 is 1.83. The van der Waals surface area contributed by atoms with E-state index in [4.69, 9.17) is 4.74 Å². The standard InChI is InChI=1S/C14H28N2O2S/c1-5-7-15-13-10-18-9-12(13)14(17)16(3)11(2)6-8-19-4/h11-13,15H,5-10H2,1-4H3. The van der Waals surface area contributed by atoms with E-state index in [1.165, 1.54) is 0 Å². The van der Waals surface area contributed by atoms with Gasteiger partial charge in [-0.15, -0.1) is 0 Å². The third kappa shape index (κ3) is 4.97. The Balaban J connectivity index is 2.50. The molecule has 112 valence electrons. The van der Waals surface area contributed by atoms with Crippen LogP contribution in [0.2, 0.25) is 0 Å². The highest BCUT2D eigenvalue weighted by Crippen LogP contribution is 2.18. The third-order valence-corrected chi connectivity index (χ3v) is 4.45. The molecule has 0 saturated carbocycles. The number of ether oxygens (including phenoxy) is 1. The molecular formula is C14H28N2O2S. The lowest BCUT2D eigenvalue weighted by Gasteiger charge is -2.29. The number of rotatable bonds is 8. The average Bonchev–Trinajstić information content (AvgIpc) is 2.88. The summed E-state index contributed by atoms with van der Waals surface area (Å²) in [7, 11) is 1.92. The van der Waals surface area contributed by atoms with Crippen LogP contribution >= 0.6 is 11.8 Å². The molecule has 1 aliphatic heterocycles. The number of hydrogen-bond acceptors (Lipinski definition) is 4. The van der Waals surface area contributed by atoms with Crippen LogP contribution in [0.5, 0.6) is 0 Å². The predicted octanol–water partition coefficient (Wildman–Crippen LogP) is 1.60. The molecule has 1 N–H and O–H groups in total. The molecule has 1 aliphatic rings. The lowest BCUT2D eigenvalue weighted by Crippen LogP contribution is -2.47. The van der Waals surface area contributed by atoms with Gasteiger partial charge in [-0.2, -0.15) is 11.8 Å². The van der Waals surface area contributed by atoms with Crippen LogP contribution in [-0.2, 0) is 9.53 Å². The summed E-state index contributed by atoms with van der Waals surface area (Å²) < 4.78 is 5.48. The fraction of sp³-hybridized carbons (Fsp3) is 0.929. The molecule has 0 spiro atoms. The monoisotopic (exact) mass is 288 g/mol. The van der Waals surface area contributed by atoms with Crippen LogP contribution in [0.3, 0.4) is 0 Å². The maximum absolute atomic E-state index is 12.5. The van der Waals surface area contributed by atoms with Crippen LogP contribution in [0.1, 0.15) is 26.7 Å². The Morgan fingerprint density at radius 2 is 2.26 bits per heavy atom. The van der Waals surface area contributed by atoms with E-state index in [1.54, 1.807) is 0 Å². The Bertz CT molecular complexity index is 276. The molecule has 1 heterocycles. The molecular weight excluding hydrogens is 260 g/mol. The molecule has 0 bridgehead atoms. The van der Waals surface area contributed by atoms with Gasteiger partial charge in [-0.1, -0.05) is 6.92 Å². The Morgan fingerprint density at radius 1 is 1.53 bits per heavy atom. The topological polar surface area (TPSA) is 41.6 Å². The maximum atomic E-state index is 12.5. The van der Waals surface area contributed by atoms with E-state index in [1.807, 2.05) is 23.7 Å². The summed E-state index contributed by atoms with van der Waals surface area (Å²) in [6.07, 6.45) is 4.23. The maximum Gasteiger partial charge on any atom is 0.229 e. The second kappa shape index (κ2) is 8.82. The molecule has 0 aromatic rings. The molecule has 1 fully saturated rings. The van der Waals surface area contributed by atoms with E-state index in [0.29, 0.717) is 19.3 Å². The van der Waals surface area contributed by atoms with Crippen LogP contribution in [0.25, 0.3) is 0 Å². The van der Waals surface area contributed by atoms with Gasteiger partial charge in [0.15, 0.2) is 0 Å². The second-order valence-corrected chi connectivity index (χ2v) is 6.27. The first-order chi connectivity index (χ1) is 9.11. The second-order valence-electron chi connectivity index (χ2n) is 5.28. The number of amides is 1. The lowest BCUT2D eigenvalue weighted by molar-refractivity contribution is -0.136. The zero-order chi connectivity index (χ0) is 14.3. The number of nitrogens with zero attached hydrogens (tertiary/aromatic N) is 1. The molecule has 1 rings (SSSR count). The van der Waals surface area contributed by atoms with Gasteiger partial charge in [-0.3, -0.25) is 4.79 Å². The van der Waals surface area contributed by atoms with Crippen LogP contribution in [-0.4, -0.2) is 61.7 Å². The normalized spacial score (nSPS) is 24.4. The fourth-order valence-electron chi connectivity index (χ4n) is 2.29. The SMILES string of the molecule is CCCNC1COCC1C(=O)N(C)C(C)CCSC. The molecule has 1 saturated heterocycles. The van der Waals surface area contributed by atoms with Gasteiger partial charge in [0.25, 0.3) is 0 Å². The quantitative estimate of drug-likeness (QED) is 0.737. The van der Waals surface area contributed by atoms with E-state index >= 15 is 0 Å². The summed E-state index contributed by atoms with van der Waals surface area (Å²) in [6, 6.07) is 0.482. The van der Waals surface area contributed by atoms with Crippen LogP contribution in [0.4, 0.5) is 0 Å². The first kappa shape index (κ1) is 16.8. The van der Waals surface area contributed by atoms with Crippen molar-refractivity contribution in [3.8, 4) is 0 Å². The Kier molecular flexibility index (Phi) is 7.80. The highest BCUT2D eigenvalue weighted by molar-refractivity contribution is 7.98. The Labute approximate surface area is 121 Å². The van der Waals surface area contributed by atoms with Gasteiger partial charge in [0.2, 0.25) is 5.91 Å². The highest BCUT2D eigenvalue weighted by atomic mass is 32.2. The van der Waals surface area contributed by atoms with Crippen molar-refractivity contribution in [3.05, 3.63) is 0 Å². The van der Waals surface area contributed by atoms with Gasteiger partial charge < -0.3 is 15.0 Å². The molecule has 0 aromatic carbocycles. The summed E-state index contributed by atoms with van der Waals surface area (Å²) in [5.74, 6) is 1.30. The van der Waals surface area contributed by atoms with E-state index in [0.717, 1.165) is 25.1 Å². The number of carbonyl (C=O) groups is 1. The van der Waals surface area contributed by atoms with Gasteiger partial charge in [0.1, 0.15) is 0 Å². The van der Waals surface area contributed by atoms with Crippen molar-refractivity contribution in [2.75, 3.05) is 38.8 Å². The predicted molar refractivity (Wildman–Crippen MR) is 81.6 cm³/mol. The minimum absolute atomic E-state index is 0.0201. The van der Waals surface area contributed by atoms with Crippen molar-refractivity contribution in [2.45, 2.75) is 38.8 Å². The molecule has 4 nitrogen and oxygen atoms in total. The molecule has 19 heavy (non-hydrogen) atoms. The minimum Gasteiger partial charge on any atom is -0.379 e. The summed E-state index contributed by atoms with van der Waals surface area (Å²) in [4.78, 5) is 14.4. The van der Waals surface area contributed by atoms with E-state index < -0.39 is 0 Å². The fourth-order valence-corrected chi connectivity index (χ4v) is 2.87. The minimum atomic E-state index is -0.0201. The van der Waals surface area contributed by atoms with Crippen molar-refractivity contribution in [1.29, 1.82) is 0 Å². The van der Waals surface area contributed by atoms with Crippen LogP contribution in [0.15, 0.2) is 0 Å². The van der Waals surface area contributed by atoms with E-state index in [-0.39, 0.29) is 17.9 Å². The van der Waals surface area contributed by atoms with Crippen molar-refractivity contribution < 1.29 is 9.53 Å². The van der Waals surface area contributed by atoms with Crippen molar-refractivity contribution in [3.63, 3.8) is 0 Å². The van der Waals surface area contributed by atoms with Crippen molar-refractivity contribution in [1.82, 2.24) is 10.2 Å². The summed E-state index contributed by atoms with van der Waals surface area (Å²) in [5.41, 5.74) is 0. The van der Waals surface area contributed by atoms with Gasteiger partial charge in [0.05, 0.1) is 19.1 Å². The zero-order valence-electron chi connectivity index (χ0n) is 12.6. The molecule has 3 unspecified atom stereocenters. The van der Waals surface area contributed by atoms with Crippen molar-refractivity contribution >= 4 is 17.7 Å². The summed E-state index contributed by atoms with van der Waals surface area (Å²) in [6.45, 7) is 6.42. The van der Waals surface area contributed by atoms with E-state index in [9.17, 15) is 4.79 Å². The smallest absolute Gasteiger partial charge is 0.229 e. The number of hydrogen-bond donors (Lipinski definition) is 1. The molecule has 1 amide bonds. The van der Waals surface area contributed by atoms with Crippen LogP contribution < -0.4 is 5.32 Å².